The largest absolute Gasteiger partial charge is 0.496 e. The number of rotatable bonds is 5. The summed E-state index contributed by atoms with van der Waals surface area (Å²) in [5.74, 6) is 0.472. The second kappa shape index (κ2) is 8.95. The Balaban J connectivity index is 1.31. The molecule has 1 fully saturated rings. The first kappa shape index (κ1) is 21.6. The van der Waals surface area contributed by atoms with Gasteiger partial charge in [0.1, 0.15) is 17.5 Å². The SMILES string of the molecule is COc1ccccc1-c1cc(C(=O)N2CCc3nc(NC(=O)C4CCCO4)sc3C2)n(C)n1. The van der Waals surface area contributed by atoms with Crippen LogP contribution < -0.4 is 10.1 Å². The molecule has 0 radical (unpaired) electrons. The molecule has 4 heterocycles. The summed E-state index contributed by atoms with van der Waals surface area (Å²) in [6.45, 7) is 1.64. The number of hydrogen-bond donors (Lipinski definition) is 1. The van der Waals surface area contributed by atoms with Crippen molar-refractivity contribution in [3.63, 3.8) is 0 Å². The predicted octanol–water partition coefficient (Wildman–Crippen LogP) is 2.87. The summed E-state index contributed by atoms with van der Waals surface area (Å²) in [5, 5.41) is 7.98. The molecule has 0 spiro atoms. The third-order valence-electron chi connectivity index (χ3n) is 5.95. The average molecular weight is 468 g/mol. The number of fused-ring (bicyclic) bond motifs is 1. The van der Waals surface area contributed by atoms with Crippen LogP contribution in [0, 0.1) is 0 Å². The van der Waals surface area contributed by atoms with E-state index in [1.807, 2.05) is 24.3 Å². The Labute approximate surface area is 195 Å². The van der Waals surface area contributed by atoms with Crippen LogP contribution in [0.3, 0.4) is 0 Å². The summed E-state index contributed by atoms with van der Waals surface area (Å²) in [6.07, 6.45) is 1.88. The second-order valence-electron chi connectivity index (χ2n) is 8.10. The van der Waals surface area contributed by atoms with E-state index in [-0.39, 0.29) is 11.8 Å². The van der Waals surface area contributed by atoms with E-state index in [0.29, 0.717) is 48.4 Å². The zero-order chi connectivity index (χ0) is 22.9. The number of carbonyl (C=O) groups excluding carboxylic acids is 2. The van der Waals surface area contributed by atoms with Crippen LogP contribution >= 0.6 is 11.3 Å². The molecule has 1 N–H and O–H groups in total. The number of aromatic nitrogens is 3. The van der Waals surface area contributed by atoms with Crippen LogP contribution in [0.25, 0.3) is 11.3 Å². The summed E-state index contributed by atoms with van der Waals surface area (Å²) in [5.41, 5.74) is 2.97. The molecule has 172 valence electrons. The van der Waals surface area contributed by atoms with E-state index in [4.69, 9.17) is 9.47 Å². The van der Waals surface area contributed by atoms with Gasteiger partial charge in [0, 0.05) is 37.1 Å². The fourth-order valence-corrected chi connectivity index (χ4v) is 5.24. The summed E-state index contributed by atoms with van der Waals surface area (Å²) in [7, 11) is 3.39. The lowest BCUT2D eigenvalue weighted by atomic mass is 10.1. The first-order chi connectivity index (χ1) is 16.0. The molecule has 1 atom stereocenters. The molecule has 3 aromatic rings. The van der Waals surface area contributed by atoms with Gasteiger partial charge >= 0.3 is 0 Å². The van der Waals surface area contributed by atoms with Crippen molar-refractivity contribution in [3.8, 4) is 17.0 Å². The van der Waals surface area contributed by atoms with E-state index in [0.717, 1.165) is 29.0 Å². The number of benzene rings is 1. The fraction of sp³-hybridized carbons (Fsp3) is 0.391. The Hall–Kier alpha value is -3.24. The molecule has 5 rings (SSSR count). The van der Waals surface area contributed by atoms with E-state index in [1.54, 1.807) is 29.8 Å². The lowest BCUT2D eigenvalue weighted by molar-refractivity contribution is -0.124. The van der Waals surface area contributed by atoms with Crippen LogP contribution in [-0.2, 0) is 29.5 Å². The highest BCUT2D eigenvalue weighted by Gasteiger charge is 2.29. The first-order valence-corrected chi connectivity index (χ1v) is 11.7. The standard InChI is InChI=1S/C23H25N5O4S/c1-27-17(12-16(26-27)14-6-3-4-7-18(14)31-2)22(30)28-10-9-15-20(13-28)33-23(24-15)25-21(29)19-8-5-11-32-19/h3-4,6-7,12,19H,5,8-11,13H2,1-2H3,(H,24,25,29). The van der Waals surface area contributed by atoms with Crippen LogP contribution in [0.5, 0.6) is 5.75 Å². The Morgan fingerprint density at radius 1 is 1.30 bits per heavy atom. The zero-order valence-electron chi connectivity index (χ0n) is 18.5. The normalized spacial score (nSPS) is 17.6. The topological polar surface area (TPSA) is 98.6 Å². The monoisotopic (exact) mass is 467 g/mol. The number of nitrogens with one attached hydrogen (secondary N) is 1. The van der Waals surface area contributed by atoms with E-state index >= 15 is 0 Å². The van der Waals surface area contributed by atoms with Crippen molar-refractivity contribution in [3.05, 3.63) is 46.6 Å². The average Bonchev–Trinajstić information content (AvgIpc) is 3.57. The maximum absolute atomic E-state index is 13.3. The lowest BCUT2D eigenvalue weighted by Gasteiger charge is -2.25. The van der Waals surface area contributed by atoms with Crippen LogP contribution in [0.2, 0.25) is 0 Å². The van der Waals surface area contributed by atoms with Gasteiger partial charge in [0.25, 0.3) is 11.8 Å². The van der Waals surface area contributed by atoms with Crippen LogP contribution in [0.4, 0.5) is 5.13 Å². The summed E-state index contributed by atoms with van der Waals surface area (Å²) < 4.78 is 12.5. The van der Waals surface area contributed by atoms with Crippen LogP contribution in [0.1, 0.15) is 33.9 Å². The summed E-state index contributed by atoms with van der Waals surface area (Å²) >= 11 is 1.42. The molecule has 0 saturated carbocycles. The van der Waals surface area contributed by atoms with Crippen molar-refractivity contribution >= 4 is 28.3 Å². The highest BCUT2D eigenvalue weighted by atomic mass is 32.1. The molecular weight excluding hydrogens is 442 g/mol. The number of aryl methyl sites for hydroxylation is 1. The number of amides is 2. The van der Waals surface area contributed by atoms with E-state index in [1.165, 1.54) is 11.3 Å². The first-order valence-electron chi connectivity index (χ1n) is 10.9. The third kappa shape index (κ3) is 4.23. The molecule has 2 aromatic heterocycles. The van der Waals surface area contributed by atoms with Crippen LogP contribution in [-0.4, -0.2) is 57.8 Å². The Morgan fingerprint density at radius 3 is 2.94 bits per heavy atom. The minimum atomic E-state index is -0.397. The third-order valence-corrected chi connectivity index (χ3v) is 6.95. The van der Waals surface area contributed by atoms with Gasteiger partial charge in [0.15, 0.2) is 5.13 Å². The molecule has 2 aliphatic heterocycles. The number of anilines is 1. The number of hydrogen-bond acceptors (Lipinski definition) is 7. The van der Waals surface area contributed by atoms with Gasteiger partial charge in [0.2, 0.25) is 0 Å². The number of thiazole rings is 1. The second-order valence-corrected chi connectivity index (χ2v) is 9.18. The predicted molar refractivity (Wildman–Crippen MR) is 123 cm³/mol. The van der Waals surface area contributed by atoms with Crippen LogP contribution in [0.15, 0.2) is 30.3 Å². The summed E-state index contributed by atoms with van der Waals surface area (Å²) in [6, 6.07) is 9.41. The molecule has 1 unspecified atom stereocenters. The minimum Gasteiger partial charge on any atom is -0.496 e. The molecule has 10 heteroatoms. The maximum Gasteiger partial charge on any atom is 0.272 e. The van der Waals surface area contributed by atoms with Gasteiger partial charge in [-0.25, -0.2) is 4.98 Å². The van der Waals surface area contributed by atoms with Gasteiger partial charge in [-0.05, 0) is 31.0 Å². The minimum absolute atomic E-state index is 0.0878. The molecule has 2 aliphatic rings. The highest BCUT2D eigenvalue weighted by molar-refractivity contribution is 7.15. The molecule has 9 nitrogen and oxygen atoms in total. The Bertz CT molecular complexity index is 1200. The lowest BCUT2D eigenvalue weighted by Crippen LogP contribution is -2.36. The molecule has 0 bridgehead atoms. The molecule has 1 aromatic carbocycles. The summed E-state index contributed by atoms with van der Waals surface area (Å²) in [4.78, 5) is 33.0. The highest BCUT2D eigenvalue weighted by Crippen LogP contribution is 2.31. The molecular formula is C23H25N5O4S. The number of nitrogens with zero attached hydrogens (tertiary/aromatic N) is 4. The number of carbonyl (C=O) groups is 2. The van der Waals surface area contributed by atoms with Crippen molar-refractivity contribution in [2.45, 2.75) is 31.9 Å². The van der Waals surface area contributed by atoms with Crippen molar-refractivity contribution in [1.29, 1.82) is 0 Å². The van der Waals surface area contributed by atoms with Crippen molar-refractivity contribution in [1.82, 2.24) is 19.7 Å². The van der Waals surface area contributed by atoms with Crippen molar-refractivity contribution in [2.75, 3.05) is 25.6 Å². The molecule has 1 saturated heterocycles. The van der Waals surface area contributed by atoms with Gasteiger partial charge in [-0.2, -0.15) is 5.10 Å². The zero-order valence-corrected chi connectivity index (χ0v) is 19.4. The smallest absolute Gasteiger partial charge is 0.272 e. The van der Waals surface area contributed by atoms with Gasteiger partial charge in [-0.1, -0.05) is 23.5 Å². The quantitative estimate of drug-likeness (QED) is 0.620. The van der Waals surface area contributed by atoms with E-state index in [2.05, 4.69) is 15.4 Å². The number of ether oxygens (including phenoxy) is 2. The van der Waals surface area contributed by atoms with Gasteiger partial charge in [-0.15, -0.1) is 0 Å². The van der Waals surface area contributed by atoms with Gasteiger partial charge < -0.3 is 14.4 Å². The molecule has 2 amide bonds. The fourth-order valence-electron chi connectivity index (χ4n) is 4.21. The number of para-hydroxylation sites is 1. The number of methoxy groups -OCH3 is 1. The van der Waals surface area contributed by atoms with Gasteiger partial charge in [0.05, 0.1) is 25.0 Å². The van der Waals surface area contributed by atoms with Crippen molar-refractivity contribution in [2.24, 2.45) is 7.05 Å². The van der Waals surface area contributed by atoms with E-state index < -0.39 is 6.10 Å². The Kier molecular flexibility index (Phi) is 5.86. The van der Waals surface area contributed by atoms with Crippen molar-refractivity contribution < 1.29 is 19.1 Å². The maximum atomic E-state index is 13.3. The van der Waals surface area contributed by atoms with Gasteiger partial charge in [-0.3, -0.25) is 19.6 Å². The molecule has 33 heavy (non-hydrogen) atoms. The molecule has 0 aliphatic carbocycles. The Morgan fingerprint density at radius 2 is 2.15 bits per heavy atom. The van der Waals surface area contributed by atoms with E-state index in [9.17, 15) is 9.59 Å².